The first kappa shape index (κ1) is 47.5. The number of aromatic nitrogens is 3. The highest BCUT2D eigenvalue weighted by Gasteiger charge is 2.48. The van der Waals surface area contributed by atoms with Crippen molar-refractivity contribution in [1.82, 2.24) is 34.6 Å². The Morgan fingerprint density at radius 1 is 0.971 bits per heavy atom. The lowest BCUT2D eigenvalue weighted by Gasteiger charge is -2.44. The molecule has 2 aromatic carbocycles. The SMILES string of the molecule is Cn1c(=O)n(C2CCC(=O)NC2=O)c2ccc(C#CCCC3CCN(c4ccncc4C4CN(C(=O)[C@@H]5CC[C@@H]6CCC[C@H](NC(=O)c7cc8cc([C@@H](F)P(=O)(O)O)ccc8s7)C(=O)N65)C4)CC3)cc21. The van der Waals surface area contributed by atoms with Crippen molar-refractivity contribution in [3.05, 3.63) is 93.0 Å². The van der Waals surface area contributed by atoms with Crippen molar-refractivity contribution in [3.63, 3.8) is 0 Å². The van der Waals surface area contributed by atoms with E-state index >= 15 is 0 Å². The van der Waals surface area contributed by atoms with E-state index in [0.29, 0.717) is 65.8 Å². The van der Waals surface area contributed by atoms with Gasteiger partial charge in [-0.25, -0.2) is 9.18 Å². The van der Waals surface area contributed by atoms with E-state index in [9.17, 15) is 47.5 Å². The topological polar surface area (TPSA) is 216 Å². The Bertz CT molecular complexity index is 3100. The molecule has 17 nitrogen and oxygen atoms in total. The van der Waals surface area contributed by atoms with Gasteiger partial charge in [0, 0.05) is 91.9 Å². The third-order valence-corrected chi connectivity index (χ3v) is 17.0. The second-order valence-electron chi connectivity index (χ2n) is 19.3. The first-order valence-corrected chi connectivity index (χ1v) is 26.5. The van der Waals surface area contributed by atoms with E-state index in [1.807, 2.05) is 35.5 Å². The number of benzene rings is 2. The number of hydrogen-bond acceptors (Lipinski definition) is 10. The number of halogens is 1. The number of fused-ring (bicyclic) bond motifs is 3. The second-order valence-corrected chi connectivity index (χ2v) is 22.0. The lowest BCUT2D eigenvalue weighted by molar-refractivity contribution is -0.148. The van der Waals surface area contributed by atoms with Crippen LogP contribution in [0.3, 0.4) is 0 Å². The Morgan fingerprint density at radius 2 is 1.77 bits per heavy atom. The van der Waals surface area contributed by atoms with E-state index in [4.69, 9.17) is 0 Å². The molecule has 0 radical (unpaired) electrons. The molecule has 20 heteroatoms. The molecule has 10 rings (SSSR count). The molecule has 5 aromatic rings. The van der Waals surface area contributed by atoms with Crippen LogP contribution in [0.15, 0.2) is 65.7 Å². The molecule has 5 fully saturated rings. The number of hydrogen-bond donors (Lipinski definition) is 4. The number of anilines is 1. The fourth-order valence-corrected chi connectivity index (χ4v) is 12.6. The molecule has 4 N–H and O–H groups in total. The van der Waals surface area contributed by atoms with Crippen LogP contribution in [0, 0.1) is 17.8 Å². The summed E-state index contributed by atoms with van der Waals surface area (Å²) >= 11 is 1.14. The number of pyridine rings is 1. The monoisotopic (exact) mass is 992 g/mol. The number of aryl methyl sites for hydroxylation is 1. The Kier molecular flexibility index (Phi) is 13.0. The predicted octanol–water partition coefficient (Wildman–Crippen LogP) is 5.39. The van der Waals surface area contributed by atoms with Crippen molar-refractivity contribution >= 4 is 75.3 Å². The Labute approximate surface area is 406 Å². The number of alkyl halides is 1. The van der Waals surface area contributed by atoms with E-state index in [0.717, 1.165) is 73.3 Å². The van der Waals surface area contributed by atoms with Crippen molar-refractivity contribution in [2.75, 3.05) is 31.1 Å². The van der Waals surface area contributed by atoms with Crippen molar-refractivity contribution in [3.8, 4) is 11.8 Å². The van der Waals surface area contributed by atoms with E-state index < -0.39 is 43.4 Å². The lowest BCUT2D eigenvalue weighted by Crippen LogP contribution is -2.58. The van der Waals surface area contributed by atoms with Gasteiger partial charge in [-0.2, -0.15) is 0 Å². The summed E-state index contributed by atoms with van der Waals surface area (Å²) in [4.78, 5) is 109. The number of amides is 5. The fraction of sp³-hybridized carbons (Fsp3) is 0.460. The van der Waals surface area contributed by atoms with Gasteiger partial charge in [-0.3, -0.25) is 48.0 Å². The highest BCUT2D eigenvalue weighted by Crippen LogP contribution is 2.53. The summed E-state index contributed by atoms with van der Waals surface area (Å²) < 4.78 is 29.5. The molecule has 5 saturated heterocycles. The van der Waals surface area contributed by atoms with Crippen LogP contribution in [-0.2, 0) is 30.8 Å². The molecule has 3 aromatic heterocycles. The van der Waals surface area contributed by atoms with Crippen LogP contribution in [-0.4, -0.2) is 108 Å². The zero-order chi connectivity index (χ0) is 49.0. The molecular weight excluding hydrogens is 939 g/mol. The lowest BCUT2D eigenvalue weighted by atomic mass is 9.88. The van der Waals surface area contributed by atoms with Gasteiger partial charge >= 0.3 is 13.3 Å². The molecule has 5 aliphatic rings. The maximum absolute atomic E-state index is 14.4. The summed E-state index contributed by atoms with van der Waals surface area (Å²) in [5.74, 6) is 3.11. The number of piperidine rings is 2. The van der Waals surface area contributed by atoms with Crippen molar-refractivity contribution < 1.29 is 42.7 Å². The predicted molar refractivity (Wildman–Crippen MR) is 260 cm³/mol. The normalized spacial score (nSPS) is 22.9. The first-order valence-electron chi connectivity index (χ1n) is 24.0. The quantitative estimate of drug-likeness (QED) is 0.0791. The van der Waals surface area contributed by atoms with Gasteiger partial charge in [0.25, 0.3) is 5.91 Å². The van der Waals surface area contributed by atoms with E-state index in [-0.39, 0.29) is 58.7 Å². The van der Waals surface area contributed by atoms with Gasteiger partial charge in [0.15, 0.2) is 0 Å². The smallest absolute Gasteiger partial charge is 0.363 e. The molecule has 0 aliphatic carbocycles. The first-order chi connectivity index (χ1) is 33.6. The van der Waals surface area contributed by atoms with Crippen molar-refractivity contribution in [2.45, 2.75) is 107 Å². The van der Waals surface area contributed by atoms with Crippen LogP contribution in [0.5, 0.6) is 0 Å². The number of rotatable bonds is 10. The van der Waals surface area contributed by atoms with Crippen LogP contribution in [0.2, 0.25) is 0 Å². The molecule has 366 valence electrons. The Balaban J connectivity index is 0.717. The van der Waals surface area contributed by atoms with E-state index in [1.54, 1.807) is 11.9 Å². The number of nitrogens with zero attached hydrogens (tertiary/aromatic N) is 6. The minimum absolute atomic E-state index is 0.0785. The van der Waals surface area contributed by atoms with Gasteiger partial charge < -0.3 is 29.8 Å². The summed E-state index contributed by atoms with van der Waals surface area (Å²) in [6, 6.07) is 11.0. The van der Waals surface area contributed by atoms with Gasteiger partial charge in [-0.15, -0.1) is 11.3 Å². The van der Waals surface area contributed by atoms with Crippen molar-refractivity contribution in [2.24, 2.45) is 13.0 Å². The highest BCUT2D eigenvalue weighted by molar-refractivity contribution is 7.51. The molecule has 0 saturated carbocycles. The van der Waals surface area contributed by atoms with Gasteiger partial charge in [-0.1, -0.05) is 17.9 Å². The van der Waals surface area contributed by atoms with Crippen LogP contribution in [0.25, 0.3) is 21.1 Å². The van der Waals surface area contributed by atoms with Gasteiger partial charge in [0.05, 0.1) is 15.9 Å². The number of carbonyl (C=O) groups excluding carboxylic acids is 5. The summed E-state index contributed by atoms with van der Waals surface area (Å²) in [5.41, 5.74) is 3.84. The maximum Gasteiger partial charge on any atom is 0.363 e. The van der Waals surface area contributed by atoms with Crippen LogP contribution >= 0.6 is 18.9 Å². The number of carbonyl (C=O) groups is 5. The zero-order valence-electron chi connectivity index (χ0n) is 38.6. The van der Waals surface area contributed by atoms with Gasteiger partial charge in [0.2, 0.25) is 29.5 Å². The van der Waals surface area contributed by atoms with E-state index in [2.05, 4.69) is 38.4 Å². The van der Waals surface area contributed by atoms with Crippen molar-refractivity contribution in [1.29, 1.82) is 0 Å². The standard InChI is InChI=1S/C50H54FN8O9PS/c1-55-41-23-30(9-12-38(41)59(50(55)65)39-14-16-44(60)54-46(39)61)6-3-2-5-29-18-21-56(22-19-29)37-17-20-52-26-35(37)33-27-57(28-33)49(64)40-13-11-34-7-4-8-36(48(63)58(34)40)53-47(62)43-25-32-24-31(10-15-42(32)70-43)45(51)69(66,67)68/h9-10,12,15,17,20,23-26,29,33-34,36,39-40,45H,2,4-5,7-8,11,13-14,16,18-19,21-22,27-28H2,1H3,(H,53,62)(H,54,60,61)(H2,66,67,68)/t34-,36-,39?,40-,45-/m0/s1. The third-order valence-electron chi connectivity index (χ3n) is 14.9. The number of nitrogens with one attached hydrogen (secondary N) is 2. The number of imidazole rings is 1. The van der Waals surface area contributed by atoms with Crippen LogP contribution in [0.4, 0.5) is 10.1 Å². The molecule has 0 bridgehead atoms. The molecule has 5 atom stereocenters. The average molecular weight is 993 g/mol. The molecule has 5 aliphatic heterocycles. The number of thiophene rings is 1. The maximum atomic E-state index is 14.4. The third kappa shape index (κ3) is 9.18. The largest absolute Gasteiger partial charge is 0.371 e. The van der Waals surface area contributed by atoms with Gasteiger partial charge in [-0.05, 0) is 117 Å². The fourth-order valence-electron chi connectivity index (χ4n) is 11.1. The van der Waals surface area contributed by atoms with Crippen LogP contribution < -0.4 is 21.2 Å². The molecule has 0 spiro atoms. The summed E-state index contributed by atoms with van der Waals surface area (Å²) in [6.07, 6.45) is 11.0. The second kappa shape index (κ2) is 19.2. The summed E-state index contributed by atoms with van der Waals surface area (Å²) in [5, 5.41) is 5.70. The molecule has 1 unspecified atom stereocenters. The Morgan fingerprint density at radius 3 is 2.54 bits per heavy atom. The summed E-state index contributed by atoms with van der Waals surface area (Å²) in [7, 11) is -3.34. The zero-order valence-corrected chi connectivity index (χ0v) is 40.3. The van der Waals surface area contributed by atoms with E-state index in [1.165, 1.54) is 33.4 Å². The average Bonchev–Trinajstić information content (AvgIpc) is 4.00. The van der Waals surface area contributed by atoms with Gasteiger partial charge in [0.1, 0.15) is 18.1 Å². The minimum atomic E-state index is -5.01. The molecule has 70 heavy (non-hydrogen) atoms. The molecule has 8 heterocycles. The Hall–Kier alpha value is -6.19. The molecule has 5 amide bonds. The summed E-state index contributed by atoms with van der Waals surface area (Å²) in [6.45, 7) is 2.83. The number of likely N-dealkylation sites (tertiary alicyclic amines) is 1. The highest BCUT2D eigenvalue weighted by atomic mass is 32.1. The minimum Gasteiger partial charge on any atom is -0.371 e. The number of imide groups is 1. The van der Waals surface area contributed by atoms with Crippen LogP contribution in [0.1, 0.15) is 115 Å². The molecular formula is C50H54FN8O9PS.